The smallest absolute Gasteiger partial charge is 0.256 e. The summed E-state index contributed by atoms with van der Waals surface area (Å²) < 4.78 is 13.8. The summed E-state index contributed by atoms with van der Waals surface area (Å²) in [6.45, 7) is 3.51. The van der Waals surface area contributed by atoms with Crippen LogP contribution < -0.4 is 0 Å². The first kappa shape index (κ1) is 12.6. The molecule has 0 bridgehead atoms. The van der Waals surface area contributed by atoms with Crippen LogP contribution in [0.2, 0.25) is 0 Å². The molecule has 19 heavy (non-hydrogen) atoms. The normalized spacial score (nSPS) is 18.4. The Morgan fingerprint density at radius 3 is 2.32 bits per heavy atom. The van der Waals surface area contributed by atoms with Gasteiger partial charge in [-0.1, -0.05) is 11.6 Å². The maximum atomic E-state index is 13.8. The molecule has 0 heterocycles. The second-order valence-electron chi connectivity index (χ2n) is 6.08. The third kappa shape index (κ3) is 3.14. The molecule has 2 aliphatic carbocycles. The fourth-order valence-electron chi connectivity index (χ4n) is 2.44. The minimum absolute atomic E-state index is 0.125. The van der Waals surface area contributed by atoms with Crippen molar-refractivity contribution >= 4 is 5.91 Å². The largest absolute Gasteiger partial charge is 0.338 e. The molecule has 1 aromatic rings. The number of aryl methyl sites for hydroxylation is 1. The molecule has 0 radical (unpaired) electrons. The van der Waals surface area contributed by atoms with Crippen molar-refractivity contribution in [2.75, 3.05) is 13.1 Å². The highest BCUT2D eigenvalue weighted by atomic mass is 19.1. The quantitative estimate of drug-likeness (QED) is 0.795. The first-order valence-electron chi connectivity index (χ1n) is 7.19. The molecule has 0 saturated heterocycles. The zero-order valence-corrected chi connectivity index (χ0v) is 11.4. The molecule has 2 nitrogen and oxygen atoms in total. The highest BCUT2D eigenvalue weighted by Crippen LogP contribution is 2.34. The van der Waals surface area contributed by atoms with E-state index in [0.717, 1.165) is 18.7 Å². The molecule has 0 spiro atoms. The van der Waals surface area contributed by atoms with Crippen LogP contribution in [0, 0.1) is 24.6 Å². The van der Waals surface area contributed by atoms with Gasteiger partial charge in [0.15, 0.2) is 0 Å². The molecule has 3 rings (SSSR count). The Labute approximate surface area is 113 Å². The summed E-state index contributed by atoms with van der Waals surface area (Å²) in [5.74, 6) is 0.776. The number of benzene rings is 1. The Morgan fingerprint density at radius 2 is 1.79 bits per heavy atom. The van der Waals surface area contributed by atoms with Crippen molar-refractivity contribution in [2.45, 2.75) is 32.6 Å². The average Bonchev–Trinajstić information content (AvgIpc) is 3.25. The standard InChI is InChI=1S/C16H20FNO/c1-11-2-7-15(17)14(8-11)16(19)18(9-12-3-4-12)10-13-5-6-13/h2,7-8,12-13H,3-6,9-10H2,1H3. The van der Waals surface area contributed by atoms with E-state index in [1.165, 1.54) is 31.7 Å². The SMILES string of the molecule is Cc1ccc(F)c(C(=O)N(CC2CC2)CC2CC2)c1. The average molecular weight is 261 g/mol. The number of carbonyl (C=O) groups is 1. The highest BCUT2D eigenvalue weighted by Gasteiger charge is 2.32. The molecule has 1 amide bonds. The van der Waals surface area contributed by atoms with Crippen molar-refractivity contribution in [2.24, 2.45) is 11.8 Å². The van der Waals surface area contributed by atoms with Crippen molar-refractivity contribution in [3.63, 3.8) is 0 Å². The first-order chi connectivity index (χ1) is 9.13. The van der Waals surface area contributed by atoms with E-state index in [1.54, 1.807) is 12.1 Å². The fourth-order valence-corrected chi connectivity index (χ4v) is 2.44. The zero-order chi connectivity index (χ0) is 13.4. The molecule has 2 aliphatic rings. The van der Waals surface area contributed by atoms with Crippen LogP contribution in [0.4, 0.5) is 4.39 Å². The minimum Gasteiger partial charge on any atom is -0.338 e. The van der Waals surface area contributed by atoms with Crippen LogP contribution in [0.1, 0.15) is 41.6 Å². The molecule has 2 saturated carbocycles. The van der Waals surface area contributed by atoms with E-state index >= 15 is 0 Å². The summed E-state index contributed by atoms with van der Waals surface area (Å²) in [6.07, 6.45) is 4.85. The monoisotopic (exact) mass is 261 g/mol. The lowest BCUT2D eigenvalue weighted by Crippen LogP contribution is -2.35. The van der Waals surface area contributed by atoms with E-state index in [4.69, 9.17) is 0 Å². The molecule has 3 heteroatoms. The predicted octanol–water partition coefficient (Wildman–Crippen LogP) is 3.40. The van der Waals surface area contributed by atoms with Gasteiger partial charge in [-0.3, -0.25) is 4.79 Å². The maximum absolute atomic E-state index is 13.8. The third-order valence-corrected chi connectivity index (χ3v) is 3.99. The highest BCUT2D eigenvalue weighted by molar-refractivity contribution is 5.94. The van der Waals surface area contributed by atoms with Crippen LogP contribution in [0.15, 0.2) is 18.2 Å². The van der Waals surface area contributed by atoms with Gasteiger partial charge in [0.2, 0.25) is 0 Å². The summed E-state index contributed by atoms with van der Waals surface area (Å²) in [5, 5.41) is 0. The van der Waals surface area contributed by atoms with E-state index < -0.39 is 5.82 Å². The summed E-state index contributed by atoms with van der Waals surface area (Å²) in [6, 6.07) is 4.78. The van der Waals surface area contributed by atoms with Gasteiger partial charge < -0.3 is 4.90 Å². The van der Waals surface area contributed by atoms with Gasteiger partial charge in [0.25, 0.3) is 5.91 Å². The number of amides is 1. The molecule has 2 fully saturated rings. The second kappa shape index (κ2) is 4.95. The van der Waals surface area contributed by atoms with Crippen molar-refractivity contribution in [1.82, 2.24) is 4.90 Å². The second-order valence-corrected chi connectivity index (χ2v) is 6.08. The predicted molar refractivity (Wildman–Crippen MR) is 72.5 cm³/mol. The van der Waals surface area contributed by atoms with Crippen molar-refractivity contribution in [3.8, 4) is 0 Å². The molecule has 0 atom stereocenters. The van der Waals surface area contributed by atoms with E-state index in [9.17, 15) is 9.18 Å². The molecular formula is C16H20FNO. The number of carbonyl (C=O) groups excluding carboxylic acids is 1. The maximum Gasteiger partial charge on any atom is 0.256 e. The van der Waals surface area contributed by atoms with Gasteiger partial charge in [-0.05, 0) is 56.6 Å². The Bertz CT molecular complexity index is 478. The minimum atomic E-state index is -0.396. The number of hydrogen-bond acceptors (Lipinski definition) is 1. The molecule has 0 aromatic heterocycles. The van der Waals surface area contributed by atoms with E-state index in [0.29, 0.717) is 11.8 Å². The lowest BCUT2D eigenvalue weighted by molar-refractivity contribution is 0.0735. The fraction of sp³-hybridized carbons (Fsp3) is 0.562. The van der Waals surface area contributed by atoms with Crippen LogP contribution in [0.5, 0.6) is 0 Å². The van der Waals surface area contributed by atoms with Crippen LogP contribution in [0.3, 0.4) is 0 Å². The number of halogens is 1. The van der Waals surface area contributed by atoms with Gasteiger partial charge in [0, 0.05) is 13.1 Å². The molecule has 0 N–H and O–H groups in total. The lowest BCUT2D eigenvalue weighted by Gasteiger charge is -2.23. The summed E-state index contributed by atoms with van der Waals surface area (Å²) in [4.78, 5) is 14.4. The number of hydrogen-bond donors (Lipinski definition) is 0. The van der Waals surface area contributed by atoms with Crippen LogP contribution >= 0.6 is 0 Å². The first-order valence-corrected chi connectivity index (χ1v) is 7.19. The van der Waals surface area contributed by atoms with Gasteiger partial charge in [0.05, 0.1) is 5.56 Å². The lowest BCUT2D eigenvalue weighted by atomic mass is 10.1. The van der Waals surface area contributed by atoms with Gasteiger partial charge in [-0.15, -0.1) is 0 Å². The van der Waals surface area contributed by atoms with Crippen LogP contribution in [-0.2, 0) is 0 Å². The summed E-state index contributed by atoms with van der Waals surface area (Å²) >= 11 is 0. The summed E-state index contributed by atoms with van der Waals surface area (Å²) in [7, 11) is 0. The topological polar surface area (TPSA) is 20.3 Å². The van der Waals surface area contributed by atoms with E-state index in [2.05, 4.69) is 0 Å². The molecule has 0 unspecified atom stereocenters. The van der Waals surface area contributed by atoms with Gasteiger partial charge >= 0.3 is 0 Å². The molecule has 102 valence electrons. The van der Waals surface area contributed by atoms with Gasteiger partial charge in [-0.2, -0.15) is 0 Å². The Morgan fingerprint density at radius 1 is 1.21 bits per heavy atom. The molecule has 1 aromatic carbocycles. The Hall–Kier alpha value is -1.38. The van der Waals surface area contributed by atoms with E-state index in [-0.39, 0.29) is 11.5 Å². The van der Waals surface area contributed by atoms with Crippen LogP contribution in [-0.4, -0.2) is 23.9 Å². The Balaban J connectivity index is 1.78. The number of nitrogens with zero attached hydrogens (tertiary/aromatic N) is 1. The number of rotatable bonds is 5. The summed E-state index contributed by atoms with van der Waals surface area (Å²) in [5.41, 5.74) is 1.17. The van der Waals surface area contributed by atoms with Gasteiger partial charge in [-0.25, -0.2) is 4.39 Å². The third-order valence-electron chi connectivity index (χ3n) is 3.99. The van der Waals surface area contributed by atoms with Gasteiger partial charge in [0.1, 0.15) is 5.82 Å². The Kier molecular flexibility index (Phi) is 3.29. The van der Waals surface area contributed by atoms with Crippen molar-refractivity contribution in [3.05, 3.63) is 35.1 Å². The zero-order valence-electron chi connectivity index (χ0n) is 11.4. The van der Waals surface area contributed by atoms with Crippen molar-refractivity contribution < 1.29 is 9.18 Å². The molecule has 0 aliphatic heterocycles. The van der Waals surface area contributed by atoms with E-state index in [1.807, 2.05) is 11.8 Å². The van der Waals surface area contributed by atoms with Crippen LogP contribution in [0.25, 0.3) is 0 Å². The molecular weight excluding hydrogens is 241 g/mol. The van der Waals surface area contributed by atoms with Crippen molar-refractivity contribution in [1.29, 1.82) is 0 Å².